The fourth-order valence-electron chi connectivity index (χ4n) is 3.85. The molecule has 0 spiro atoms. The molecule has 0 saturated heterocycles. The maximum Gasteiger partial charge on any atom is 0.339 e. The Morgan fingerprint density at radius 2 is 1.00 bits per heavy atom. The number of carbonyl (C=O) groups is 2. The summed E-state index contributed by atoms with van der Waals surface area (Å²) in [5, 5.41) is 0. The third-order valence-corrected chi connectivity index (χ3v) is 6.13. The summed E-state index contributed by atoms with van der Waals surface area (Å²) in [7, 11) is 0. The molecule has 0 aliphatic carbocycles. The van der Waals surface area contributed by atoms with Gasteiger partial charge in [-0.15, -0.1) is 0 Å². The van der Waals surface area contributed by atoms with Crippen LogP contribution >= 0.6 is 0 Å². The number of hydrogen-bond acceptors (Lipinski definition) is 4. The van der Waals surface area contributed by atoms with Gasteiger partial charge >= 0.3 is 11.9 Å². The molecular weight excluding hydrogens is 400 g/mol. The Bertz CT molecular complexity index is 659. The molecule has 0 saturated carbocycles. The summed E-state index contributed by atoms with van der Waals surface area (Å²) in [5.74, 6) is 0.279. The van der Waals surface area contributed by atoms with Gasteiger partial charge in [0.05, 0.1) is 11.1 Å². The quantitative estimate of drug-likeness (QED) is 0.277. The van der Waals surface area contributed by atoms with Crippen LogP contribution in [0.3, 0.4) is 0 Å². The van der Waals surface area contributed by atoms with Crippen molar-refractivity contribution in [2.24, 2.45) is 11.8 Å². The van der Waals surface area contributed by atoms with E-state index in [1.807, 2.05) is 26.0 Å². The third-order valence-electron chi connectivity index (χ3n) is 6.13. The highest BCUT2D eigenvalue weighted by Gasteiger charge is 2.25. The first kappa shape index (κ1) is 28.2. The van der Waals surface area contributed by atoms with E-state index in [0.29, 0.717) is 23.0 Å². The van der Waals surface area contributed by atoms with Crippen molar-refractivity contribution in [1.29, 1.82) is 0 Å². The molecule has 1 aromatic rings. The number of carbonyl (C=O) groups excluding carboxylic acids is 2. The smallest absolute Gasteiger partial charge is 0.339 e. The van der Waals surface area contributed by atoms with E-state index in [9.17, 15) is 9.59 Å². The topological polar surface area (TPSA) is 52.6 Å². The standard InChI is InChI=1S/C28H46O4/c1-9-21-17-25(27(29)31-23(11-3)15-13-19(5)6)26(18-22(21)10-2)28(30)32-24(12-4)16-14-20(7)8/h17-20,23-24H,9-16H2,1-8H3. The van der Waals surface area contributed by atoms with Crippen LogP contribution < -0.4 is 0 Å². The van der Waals surface area contributed by atoms with Crippen LogP contribution in [-0.2, 0) is 22.3 Å². The molecular formula is C28H46O4. The largest absolute Gasteiger partial charge is 0.459 e. The minimum atomic E-state index is -0.417. The molecule has 0 aromatic heterocycles. The van der Waals surface area contributed by atoms with Gasteiger partial charge in [0.25, 0.3) is 0 Å². The predicted molar refractivity (Wildman–Crippen MR) is 132 cm³/mol. The van der Waals surface area contributed by atoms with E-state index in [1.54, 1.807) is 0 Å². The summed E-state index contributed by atoms with van der Waals surface area (Å²) in [6.45, 7) is 16.9. The molecule has 1 aromatic carbocycles. The minimum absolute atomic E-state index is 0.140. The average Bonchev–Trinajstić information content (AvgIpc) is 2.77. The number of hydrogen-bond donors (Lipinski definition) is 0. The first-order valence-electron chi connectivity index (χ1n) is 12.7. The Morgan fingerprint density at radius 3 is 1.25 bits per heavy atom. The van der Waals surface area contributed by atoms with E-state index in [2.05, 4.69) is 41.5 Å². The van der Waals surface area contributed by atoms with Crippen LogP contribution in [-0.4, -0.2) is 24.1 Å². The van der Waals surface area contributed by atoms with Crippen molar-refractivity contribution in [3.63, 3.8) is 0 Å². The lowest BCUT2D eigenvalue weighted by Crippen LogP contribution is -2.23. The number of aryl methyl sites for hydroxylation is 2. The number of esters is 2. The number of benzene rings is 1. The van der Waals surface area contributed by atoms with Crippen molar-refractivity contribution in [1.82, 2.24) is 0 Å². The highest BCUT2D eigenvalue weighted by atomic mass is 16.5. The lowest BCUT2D eigenvalue weighted by molar-refractivity contribution is 0.0213. The first-order chi connectivity index (χ1) is 15.2. The van der Waals surface area contributed by atoms with Gasteiger partial charge in [-0.2, -0.15) is 0 Å². The number of rotatable bonds is 14. The van der Waals surface area contributed by atoms with Gasteiger partial charge in [0.2, 0.25) is 0 Å². The van der Waals surface area contributed by atoms with Crippen LogP contribution in [0.5, 0.6) is 0 Å². The average molecular weight is 447 g/mol. The zero-order valence-corrected chi connectivity index (χ0v) is 21.8. The molecule has 0 aliphatic heterocycles. The van der Waals surface area contributed by atoms with E-state index in [1.165, 1.54) is 0 Å². The third kappa shape index (κ3) is 8.96. The summed E-state index contributed by atoms with van der Waals surface area (Å²) >= 11 is 0. The van der Waals surface area contributed by atoms with Gasteiger partial charge in [-0.05, 0) is 86.5 Å². The molecule has 1 rings (SSSR count). The molecule has 0 bridgehead atoms. The van der Waals surface area contributed by atoms with E-state index < -0.39 is 11.9 Å². The molecule has 4 heteroatoms. The molecule has 182 valence electrons. The fraction of sp³-hybridized carbons (Fsp3) is 0.714. The van der Waals surface area contributed by atoms with Crippen molar-refractivity contribution < 1.29 is 19.1 Å². The molecule has 0 radical (unpaired) electrons. The van der Waals surface area contributed by atoms with Crippen molar-refractivity contribution in [2.75, 3.05) is 0 Å². The van der Waals surface area contributed by atoms with Gasteiger partial charge in [-0.1, -0.05) is 55.4 Å². The zero-order chi connectivity index (χ0) is 24.3. The van der Waals surface area contributed by atoms with Gasteiger partial charge in [-0.25, -0.2) is 9.59 Å². The van der Waals surface area contributed by atoms with E-state index in [-0.39, 0.29) is 12.2 Å². The second-order valence-corrected chi connectivity index (χ2v) is 9.69. The highest BCUT2D eigenvalue weighted by Crippen LogP contribution is 2.24. The molecule has 2 unspecified atom stereocenters. The van der Waals surface area contributed by atoms with E-state index >= 15 is 0 Å². The second-order valence-electron chi connectivity index (χ2n) is 9.69. The minimum Gasteiger partial charge on any atom is -0.459 e. The van der Waals surface area contributed by atoms with Gasteiger partial charge in [0.15, 0.2) is 0 Å². The van der Waals surface area contributed by atoms with E-state index in [4.69, 9.17) is 9.47 Å². The van der Waals surface area contributed by atoms with Crippen LogP contribution in [0, 0.1) is 11.8 Å². The Hall–Kier alpha value is -1.84. The summed E-state index contributed by atoms with van der Waals surface area (Å²) in [6.07, 6.45) is 6.52. The molecule has 32 heavy (non-hydrogen) atoms. The Kier molecular flexibility index (Phi) is 12.6. The maximum absolute atomic E-state index is 13.2. The van der Waals surface area contributed by atoms with Crippen LogP contribution in [0.4, 0.5) is 0 Å². The Balaban J connectivity index is 3.20. The molecule has 0 amide bonds. The molecule has 0 aliphatic rings. The van der Waals surface area contributed by atoms with Gasteiger partial charge in [0.1, 0.15) is 12.2 Å². The Morgan fingerprint density at radius 1 is 0.656 bits per heavy atom. The molecule has 0 N–H and O–H groups in total. The first-order valence-corrected chi connectivity index (χ1v) is 12.7. The summed E-state index contributed by atoms with van der Waals surface area (Å²) < 4.78 is 11.7. The Labute approximate surface area is 196 Å². The SMILES string of the molecule is CCc1cc(C(=O)OC(CC)CCC(C)C)c(C(=O)OC(CC)CCC(C)C)cc1CC. The van der Waals surface area contributed by atoms with Gasteiger partial charge < -0.3 is 9.47 Å². The predicted octanol–water partition coefficient (Wildman–Crippen LogP) is 7.55. The van der Waals surface area contributed by atoms with Crippen LogP contribution in [0.15, 0.2) is 12.1 Å². The summed E-state index contributed by atoms with van der Waals surface area (Å²) in [4.78, 5) is 26.4. The molecule has 4 nitrogen and oxygen atoms in total. The van der Waals surface area contributed by atoms with E-state index in [0.717, 1.165) is 62.5 Å². The van der Waals surface area contributed by atoms with Gasteiger partial charge in [-0.3, -0.25) is 0 Å². The fourth-order valence-corrected chi connectivity index (χ4v) is 3.85. The van der Waals surface area contributed by atoms with Crippen molar-refractivity contribution in [2.45, 2.75) is 119 Å². The van der Waals surface area contributed by atoms with Crippen molar-refractivity contribution >= 4 is 11.9 Å². The zero-order valence-electron chi connectivity index (χ0n) is 21.8. The van der Waals surface area contributed by atoms with Crippen LogP contribution in [0.25, 0.3) is 0 Å². The lowest BCUT2D eigenvalue weighted by atomic mass is 9.95. The van der Waals surface area contributed by atoms with Crippen LogP contribution in [0.1, 0.15) is 126 Å². The lowest BCUT2D eigenvalue weighted by Gasteiger charge is -2.21. The second kappa shape index (κ2) is 14.3. The molecule has 0 fully saturated rings. The summed E-state index contributed by atoms with van der Waals surface area (Å²) in [6, 6.07) is 3.70. The number of ether oxygens (including phenoxy) is 2. The maximum atomic E-state index is 13.2. The van der Waals surface area contributed by atoms with Gasteiger partial charge in [0, 0.05) is 0 Å². The van der Waals surface area contributed by atoms with Crippen molar-refractivity contribution in [3.05, 3.63) is 34.4 Å². The highest BCUT2D eigenvalue weighted by molar-refractivity contribution is 6.03. The van der Waals surface area contributed by atoms with Crippen molar-refractivity contribution in [3.8, 4) is 0 Å². The van der Waals surface area contributed by atoms with Crippen LogP contribution in [0.2, 0.25) is 0 Å². The molecule has 2 atom stereocenters. The monoisotopic (exact) mass is 446 g/mol. The molecule has 0 heterocycles. The normalized spacial score (nSPS) is 13.3. The summed E-state index contributed by atoms with van der Waals surface area (Å²) in [5.41, 5.74) is 2.84.